The number of benzene rings is 2. The number of hydrogen-bond donors (Lipinski definition) is 0. The summed E-state index contributed by atoms with van der Waals surface area (Å²) in [6.45, 7) is 9.30. The van der Waals surface area contributed by atoms with Gasteiger partial charge in [0.1, 0.15) is 5.60 Å². The first-order chi connectivity index (χ1) is 17.2. The maximum absolute atomic E-state index is 13.4. The van der Waals surface area contributed by atoms with E-state index in [2.05, 4.69) is 36.2 Å². The molecule has 0 radical (unpaired) electrons. The van der Waals surface area contributed by atoms with E-state index in [0.29, 0.717) is 30.3 Å². The largest absolute Gasteiger partial charge is 0.443 e. The number of ether oxygens (including phenoxy) is 1. The van der Waals surface area contributed by atoms with Crippen LogP contribution in [0.15, 0.2) is 72.9 Å². The number of pyridine rings is 1. The molecule has 0 atom stereocenters. The minimum Gasteiger partial charge on any atom is -0.443 e. The van der Waals surface area contributed by atoms with Crippen LogP contribution in [0.1, 0.15) is 66.7 Å². The third kappa shape index (κ3) is 6.51. The molecule has 0 bridgehead atoms. The fourth-order valence-electron chi connectivity index (χ4n) is 4.56. The highest BCUT2D eigenvalue weighted by molar-refractivity contribution is 5.97. The Kier molecular flexibility index (Phi) is 7.73. The summed E-state index contributed by atoms with van der Waals surface area (Å²) in [5.41, 5.74) is 3.88. The molecule has 0 spiro atoms. The lowest BCUT2D eigenvalue weighted by Crippen LogP contribution is -2.38. The van der Waals surface area contributed by atoms with Crippen LogP contribution < -0.4 is 4.90 Å². The zero-order chi connectivity index (χ0) is 25.7. The van der Waals surface area contributed by atoms with Gasteiger partial charge in [0.25, 0.3) is 5.91 Å². The first kappa shape index (κ1) is 25.4. The minimum atomic E-state index is -0.644. The number of nitrogens with zero attached hydrogens (tertiary/aromatic N) is 3. The second-order valence-corrected chi connectivity index (χ2v) is 10.4. The van der Waals surface area contributed by atoms with Crippen molar-refractivity contribution in [1.82, 2.24) is 9.88 Å². The maximum Gasteiger partial charge on any atom is 0.415 e. The maximum atomic E-state index is 13.4. The Morgan fingerprint density at radius 3 is 2.42 bits per heavy atom. The van der Waals surface area contributed by atoms with Gasteiger partial charge in [-0.2, -0.15) is 0 Å². The van der Waals surface area contributed by atoms with Crippen LogP contribution in [0, 0.1) is 6.92 Å². The van der Waals surface area contributed by atoms with Crippen LogP contribution in [-0.2, 0) is 11.3 Å². The molecule has 1 aromatic heterocycles. The Bertz CT molecular complexity index is 1200. The van der Waals surface area contributed by atoms with Gasteiger partial charge in [-0.1, -0.05) is 42.0 Å². The molecule has 6 heteroatoms. The predicted octanol–water partition coefficient (Wildman–Crippen LogP) is 6.35. The fraction of sp³-hybridized carbons (Fsp3) is 0.367. The number of anilines is 1. The van der Waals surface area contributed by atoms with Gasteiger partial charge in [-0.05, 0) is 82.3 Å². The monoisotopic (exact) mass is 485 g/mol. The van der Waals surface area contributed by atoms with Gasteiger partial charge in [0, 0.05) is 30.5 Å². The van der Waals surface area contributed by atoms with Crippen molar-refractivity contribution >= 4 is 17.7 Å². The number of aromatic nitrogens is 1. The lowest BCUT2D eigenvalue weighted by molar-refractivity contribution is 0.0576. The highest BCUT2D eigenvalue weighted by Crippen LogP contribution is 2.30. The Morgan fingerprint density at radius 1 is 1.00 bits per heavy atom. The highest BCUT2D eigenvalue weighted by atomic mass is 16.6. The number of likely N-dealkylation sites (tertiary alicyclic amines) is 1. The van der Waals surface area contributed by atoms with Gasteiger partial charge < -0.3 is 9.64 Å². The SMILES string of the molecule is Cc1cccc(C2CCN(C(=O)c3cccc(N(Cc4ccccn4)C(=O)OC(C)(C)C)c3)CC2)c1. The van der Waals surface area contributed by atoms with Gasteiger partial charge in [0.2, 0.25) is 0 Å². The smallest absolute Gasteiger partial charge is 0.415 e. The number of carbonyl (C=O) groups excluding carboxylic acids is 2. The third-order valence-electron chi connectivity index (χ3n) is 6.36. The van der Waals surface area contributed by atoms with Gasteiger partial charge in [-0.15, -0.1) is 0 Å². The summed E-state index contributed by atoms with van der Waals surface area (Å²) in [7, 11) is 0. The molecule has 4 rings (SSSR count). The average Bonchev–Trinajstić information content (AvgIpc) is 2.86. The van der Waals surface area contributed by atoms with Gasteiger partial charge in [-0.3, -0.25) is 14.7 Å². The van der Waals surface area contributed by atoms with E-state index in [1.165, 1.54) is 16.0 Å². The average molecular weight is 486 g/mol. The third-order valence-corrected chi connectivity index (χ3v) is 6.36. The second kappa shape index (κ2) is 10.9. The van der Waals surface area contributed by atoms with E-state index in [4.69, 9.17) is 4.74 Å². The van der Waals surface area contributed by atoms with Crippen molar-refractivity contribution in [1.29, 1.82) is 0 Å². The van der Waals surface area contributed by atoms with Gasteiger partial charge in [-0.25, -0.2) is 4.79 Å². The van der Waals surface area contributed by atoms with Gasteiger partial charge in [0.15, 0.2) is 0 Å². The minimum absolute atomic E-state index is 0.0125. The molecule has 1 saturated heterocycles. The van der Waals surface area contributed by atoms with E-state index in [9.17, 15) is 9.59 Å². The summed E-state index contributed by atoms with van der Waals surface area (Å²) in [4.78, 5) is 34.4. The van der Waals surface area contributed by atoms with Crippen LogP contribution in [0.25, 0.3) is 0 Å². The lowest BCUT2D eigenvalue weighted by Gasteiger charge is -2.33. The normalized spacial score (nSPS) is 14.4. The molecule has 2 aromatic carbocycles. The van der Waals surface area contributed by atoms with E-state index in [0.717, 1.165) is 18.5 Å². The van der Waals surface area contributed by atoms with E-state index in [1.807, 2.05) is 62.1 Å². The van der Waals surface area contributed by atoms with Crippen LogP contribution in [-0.4, -0.2) is 40.6 Å². The van der Waals surface area contributed by atoms with Crippen molar-refractivity contribution in [2.45, 2.75) is 58.6 Å². The number of hydrogen-bond acceptors (Lipinski definition) is 4. The molecule has 36 heavy (non-hydrogen) atoms. The summed E-state index contributed by atoms with van der Waals surface area (Å²) < 4.78 is 5.67. The van der Waals surface area contributed by atoms with Crippen LogP contribution in [0.5, 0.6) is 0 Å². The van der Waals surface area contributed by atoms with Crippen molar-refractivity contribution in [2.75, 3.05) is 18.0 Å². The van der Waals surface area contributed by atoms with E-state index in [-0.39, 0.29) is 12.5 Å². The summed E-state index contributed by atoms with van der Waals surface area (Å²) in [5.74, 6) is 0.461. The summed E-state index contributed by atoms with van der Waals surface area (Å²) in [6.07, 6.45) is 3.11. The molecular weight excluding hydrogens is 450 g/mol. The molecule has 2 heterocycles. The molecule has 0 aliphatic carbocycles. The summed E-state index contributed by atoms with van der Waals surface area (Å²) in [5, 5.41) is 0. The van der Waals surface area contributed by atoms with Crippen molar-refractivity contribution in [3.63, 3.8) is 0 Å². The van der Waals surface area contributed by atoms with Crippen LogP contribution in [0.4, 0.5) is 10.5 Å². The van der Waals surface area contributed by atoms with E-state index in [1.54, 1.807) is 12.3 Å². The van der Waals surface area contributed by atoms with Crippen molar-refractivity contribution in [2.24, 2.45) is 0 Å². The molecule has 2 amide bonds. The zero-order valence-corrected chi connectivity index (χ0v) is 21.6. The van der Waals surface area contributed by atoms with Crippen LogP contribution >= 0.6 is 0 Å². The quantitative estimate of drug-likeness (QED) is 0.422. The van der Waals surface area contributed by atoms with Crippen LogP contribution in [0.3, 0.4) is 0 Å². The Balaban J connectivity index is 1.50. The predicted molar refractivity (Wildman–Crippen MR) is 142 cm³/mol. The lowest BCUT2D eigenvalue weighted by atomic mass is 9.88. The Morgan fingerprint density at radius 2 is 1.75 bits per heavy atom. The Labute approximate surface area is 213 Å². The molecule has 1 fully saturated rings. The standard InChI is InChI=1S/C30H35N3O3/c1-22-9-7-10-24(19-22)23-14-17-32(18-15-23)28(34)25-11-8-13-27(20-25)33(29(35)36-30(2,3)4)21-26-12-5-6-16-31-26/h5-13,16,19-20,23H,14-15,17-18,21H2,1-4H3. The number of amides is 2. The molecule has 1 aliphatic heterocycles. The fourth-order valence-corrected chi connectivity index (χ4v) is 4.56. The molecule has 188 valence electrons. The van der Waals surface area contributed by atoms with Crippen molar-refractivity contribution in [3.05, 3.63) is 95.3 Å². The number of aryl methyl sites for hydroxylation is 1. The summed E-state index contributed by atoms with van der Waals surface area (Å²) >= 11 is 0. The molecular formula is C30H35N3O3. The summed E-state index contributed by atoms with van der Waals surface area (Å²) in [6, 6.07) is 21.5. The zero-order valence-electron chi connectivity index (χ0n) is 21.6. The van der Waals surface area contributed by atoms with Crippen molar-refractivity contribution in [3.8, 4) is 0 Å². The first-order valence-electron chi connectivity index (χ1n) is 12.6. The molecule has 3 aromatic rings. The number of rotatable bonds is 5. The Hall–Kier alpha value is -3.67. The topological polar surface area (TPSA) is 62.7 Å². The second-order valence-electron chi connectivity index (χ2n) is 10.4. The van der Waals surface area contributed by atoms with Gasteiger partial charge >= 0.3 is 6.09 Å². The van der Waals surface area contributed by atoms with Gasteiger partial charge in [0.05, 0.1) is 12.2 Å². The molecule has 0 unspecified atom stereocenters. The molecule has 6 nitrogen and oxygen atoms in total. The first-order valence-corrected chi connectivity index (χ1v) is 12.6. The van der Waals surface area contributed by atoms with Crippen molar-refractivity contribution < 1.29 is 14.3 Å². The molecule has 0 N–H and O–H groups in total. The van der Waals surface area contributed by atoms with E-state index < -0.39 is 11.7 Å². The van der Waals surface area contributed by atoms with E-state index >= 15 is 0 Å². The molecule has 1 aliphatic rings. The van der Waals surface area contributed by atoms with Crippen LogP contribution in [0.2, 0.25) is 0 Å². The number of piperidine rings is 1. The molecule has 0 saturated carbocycles. The highest BCUT2D eigenvalue weighted by Gasteiger charge is 2.27. The number of carbonyl (C=O) groups is 2.